The summed E-state index contributed by atoms with van der Waals surface area (Å²) in [6.45, 7) is 0. The predicted octanol–water partition coefficient (Wildman–Crippen LogP) is 2.80. The molecule has 3 aromatic rings. The average molecular weight is 282 g/mol. The molecule has 0 fully saturated rings. The molecule has 0 unspecified atom stereocenters. The Kier molecular flexibility index (Phi) is 3.31. The van der Waals surface area contributed by atoms with Gasteiger partial charge in [-0.2, -0.15) is 0 Å². The van der Waals surface area contributed by atoms with E-state index in [9.17, 15) is 4.79 Å². The lowest BCUT2D eigenvalue weighted by atomic mass is 10.2. The summed E-state index contributed by atoms with van der Waals surface area (Å²) in [7, 11) is 2.99. The van der Waals surface area contributed by atoms with E-state index in [1.54, 1.807) is 25.6 Å². The molecule has 5 nitrogen and oxygen atoms in total. The molecule has 0 saturated carbocycles. The van der Waals surface area contributed by atoms with E-state index in [0.29, 0.717) is 5.56 Å². The highest BCUT2D eigenvalue weighted by Crippen LogP contribution is 2.24. The molecule has 0 atom stereocenters. The first-order valence-electron chi connectivity index (χ1n) is 6.43. The summed E-state index contributed by atoms with van der Waals surface area (Å²) in [5.41, 5.74) is 2.30. The number of ether oxygens (including phenoxy) is 2. The number of hydrogen-bond acceptors (Lipinski definition) is 4. The monoisotopic (exact) mass is 282 g/mol. The second-order valence-electron chi connectivity index (χ2n) is 4.52. The number of imidazole rings is 1. The third-order valence-corrected chi connectivity index (χ3v) is 3.28. The molecule has 0 aliphatic rings. The fraction of sp³-hybridized carbons (Fsp3) is 0.125. The van der Waals surface area contributed by atoms with Crippen LogP contribution in [0.15, 0.2) is 48.8 Å². The SMILES string of the molecule is COC(=O)c1ccc2cnc(-c3cccc(OC)c3)n2c1. The number of rotatable bonds is 3. The molecule has 0 aliphatic carbocycles. The molecule has 0 saturated heterocycles. The van der Waals surface area contributed by atoms with Gasteiger partial charge in [0.25, 0.3) is 0 Å². The first-order valence-corrected chi connectivity index (χ1v) is 6.43. The molecule has 0 radical (unpaired) electrons. The standard InChI is InChI=1S/C16H14N2O3/c1-20-14-5-3-4-11(8-14)15-17-9-13-7-6-12(10-18(13)15)16(19)21-2/h3-10H,1-2H3. The number of nitrogens with zero attached hydrogens (tertiary/aromatic N) is 2. The zero-order chi connectivity index (χ0) is 14.8. The Labute approximate surface area is 121 Å². The molecule has 2 aromatic heterocycles. The number of aromatic nitrogens is 2. The normalized spacial score (nSPS) is 10.6. The van der Waals surface area contributed by atoms with Crippen LogP contribution in [0.25, 0.3) is 16.9 Å². The van der Waals surface area contributed by atoms with Gasteiger partial charge >= 0.3 is 5.97 Å². The largest absolute Gasteiger partial charge is 0.497 e. The number of esters is 1. The minimum Gasteiger partial charge on any atom is -0.497 e. The highest BCUT2D eigenvalue weighted by Gasteiger charge is 2.11. The van der Waals surface area contributed by atoms with Gasteiger partial charge in [0.2, 0.25) is 0 Å². The van der Waals surface area contributed by atoms with Crippen molar-refractivity contribution < 1.29 is 14.3 Å². The predicted molar refractivity (Wildman–Crippen MR) is 78.5 cm³/mol. The van der Waals surface area contributed by atoms with E-state index in [-0.39, 0.29) is 5.97 Å². The van der Waals surface area contributed by atoms with Crippen LogP contribution in [0.1, 0.15) is 10.4 Å². The molecular formula is C16H14N2O3. The van der Waals surface area contributed by atoms with Crippen LogP contribution in [0.4, 0.5) is 0 Å². The van der Waals surface area contributed by atoms with E-state index >= 15 is 0 Å². The number of carbonyl (C=O) groups excluding carboxylic acids is 1. The van der Waals surface area contributed by atoms with E-state index < -0.39 is 0 Å². The Morgan fingerprint density at radius 1 is 1.19 bits per heavy atom. The number of pyridine rings is 1. The van der Waals surface area contributed by atoms with E-state index in [2.05, 4.69) is 4.98 Å². The van der Waals surface area contributed by atoms with Crippen LogP contribution in [0, 0.1) is 0 Å². The summed E-state index contributed by atoms with van der Waals surface area (Å²) in [5.74, 6) is 1.13. The maximum atomic E-state index is 11.7. The molecule has 106 valence electrons. The van der Waals surface area contributed by atoms with Crippen molar-refractivity contribution >= 4 is 11.5 Å². The van der Waals surface area contributed by atoms with Crippen LogP contribution in [0.3, 0.4) is 0 Å². The van der Waals surface area contributed by atoms with Crippen molar-refractivity contribution in [3.05, 3.63) is 54.4 Å². The van der Waals surface area contributed by atoms with Gasteiger partial charge in [-0.05, 0) is 24.3 Å². The molecule has 21 heavy (non-hydrogen) atoms. The van der Waals surface area contributed by atoms with Crippen LogP contribution in [-0.4, -0.2) is 29.6 Å². The van der Waals surface area contributed by atoms with Gasteiger partial charge in [0.1, 0.15) is 11.6 Å². The molecule has 0 N–H and O–H groups in total. The minimum absolute atomic E-state index is 0.373. The summed E-state index contributed by atoms with van der Waals surface area (Å²) in [4.78, 5) is 16.1. The second kappa shape index (κ2) is 5.28. The van der Waals surface area contributed by atoms with Crippen molar-refractivity contribution in [2.45, 2.75) is 0 Å². The van der Waals surface area contributed by atoms with Crippen molar-refractivity contribution in [3.8, 4) is 17.1 Å². The van der Waals surface area contributed by atoms with Gasteiger partial charge in [-0.25, -0.2) is 9.78 Å². The lowest BCUT2D eigenvalue weighted by molar-refractivity contribution is 0.0600. The molecular weight excluding hydrogens is 268 g/mol. The van der Waals surface area contributed by atoms with Crippen molar-refractivity contribution in [3.63, 3.8) is 0 Å². The highest BCUT2D eigenvalue weighted by atomic mass is 16.5. The highest BCUT2D eigenvalue weighted by molar-refractivity contribution is 5.89. The van der Waals surface area contributed by atoms with Gasteiger partial charge in [0.15, 0.2) is 0 Å². The Hall–Kier alpha value is -2.82. The third-order valence-electron chi connectivity index (χ3n) is 3.28. The fourth-order valence-corrected chi connectivity index (χ4v) is 2.20. The topological polar surface area (TPSA) is 52.8 Å². The molecule has 0 amide bonds. The molecule has 0 spiro atoms. The quantitative estimate of drug-likeness (QED) is 0.693. The molecule has 2 heterocycles. The van der Waals surface area contributed by atoms with Gasteiger partial charge in [0.05, 0.1) is 31.5 Å². The zero-order valence-electron chi connectivity index (χ0n) is 11.7. The second-order valence-corrected chi connectivity index (χ2v) is 4.52. The molecule has 3 rings (SSSR count). The first kappa shape index (κ1) is 13.2. The van der Waals surface area contributed by atoms with Crippen molar-refractivity contribution in [2.75, 3.05) is 14.2 Å². The number of benzene rings is 1. The van der Waals surface area contributed by atoms with Gasteiger partial charge in [-0.1, -0.05) is 12.1 Å². The molecule has 0 bridgehead atoms. The van der Waals surface area contributed by atoms with E-state index in [1.807, 2.05) is 34.7 Å². The van der Waals surface area contributed by atoms with E-state index in [4.69, 9.17) is 9.47 Å². The van der Waals surface area contributed by atoms with Crippen LogP contribution < -0.4 is 4.74 Å². The van der Waals surface area contributed by atoms with Gasteiger partial charge in [-0.15, -0.1) is 0 Å². The summed E-state index contributed by atoms with van der Waals surface area (Å²) in [6, 6.07) is 11.2. The Balaban J connectivity index is 2.15. The summed E-state index contributed by atoms with van der Waals surface area (Å²) in [6.07, 6.45) is 3.48. The first-order chi connectivity index (χ1) is 10.2. The van der Waals surface area contributed by atoms with Crippen molar-refractivity contribution in [2.24, 2.45) is 0 Å². The van der Waals surface area contributed by atoms with Gasteiger partial charge < -0.3 is 9.47 Å². The number of fused-ring (bicyclic) bond motifs is 1. The maximum Gasteiger partial charge on any atom is 0.339 e. The molecule has 1 aromatic carbocycles. The fourth-order valence-electron chi connectivity index (χ4n) is 2.20. The van der Waals surface area contributed by atoms with Crippen molar-refractivity contribution in [1.29, 1.82) is 0 Å². The summed E-state index contributed by atoms with van der Waals surface area (Å²) in [5, 5.41) is 0. The summed E-state index contributed by atoms with van der Waals surface area (Å²) >= 11 is 0. The minimum atomic E-state index is -0.373. The van der Waals surface area contributed by atoms with Crippen LogP contribution in [0.5, 0.6) is 5.75 Å². The van der Waals surface area contributed by atoms with Crippen LogP contribution in [0.2, 0.25) is 0 Å². The van der Waals surface area contributed by atoms with E-state index in [1.165, 1.54) is 7.11 Å². The number of carbonyl (C=O) groups is 1. The van der Waals surface area contributed by atoms with Crippen LogP contribution >= 0.6 is 0 Å². The average Bonchev–Trinajstić information content (AvgIpc) is 2.97. The van der Waals surface area contributed by atoms with E-state index in [0.717, 1.165) is 22.7 Å². The number of hydrogen-bond donors (Lipinski definition) is 0. The summed E-state index contributed by atoms with van der Waals surface area (Å²) < 4.78 is 11.8. The maximum absolute atomic E-state index is 11.7. The van der Waals surface area contributed by atoms with Gasteiger partial charge in [0, 0.05) is 11.8 Å². The lowest BCUT2D eigenvalue weighted by Crippen LogP contribution is -2.03. The molecule has 0 aliphatic heterocycles. The van der Waals surface area contributed by atoms with Crippen LogP contribution in [-0.2, 0) is 4.74 Å². The Bertz CT molecular complexity index is 808. The van der Waals surface area contributed by atoms with Gasteiger partial charge in [-0.3, -0.25) is 4.40 Å². The Morgan fingerprint density at radius 3 is 2.81 bits per heavy atom. The zero-order valence-corrected chi connectivity index (χ0v) is 11.7. The van der Waals surface area contributed by atoms with Crippen molar-refractivity contribution in [1.82, 2.24) is 9.38 Å². The lowest BCUT2D eigenvalue weighted by Gasteiger charge is -2.06. The molecule has 5 heteroatoms. The number of methoxy groups -OCH3 is 2. The Morgan fingerprint density at radius 2 is 2.05 bits per heavy atom. The third kappa shape index (κ3) is 2.33. The smallest absolute Gasteiger partial charge is 0.339 e.